The van der Waals surface area contributed by atoms with Crippen molar-refractivity contribution in [2.75, 3.05) is 6.61 Å². The van der Waals surface area contributed by atoms with Gasteiger partial charge in [0.15, 0.2) is 0 Å². The molecule has 1 aromatic carbocycles. The molecule has 0 heterocycles. The van der Waals surface area contributed by atoms with Gasteiger partial charge >= 0.3 is 0 Å². The first kappa shape index (κ1) is 11.5. The molecule has 0 fully saturated rings. The van der Waals surface area contributed by atoms with Gasteiger partial charge in [0, 0.05) is 4.90 Å². The highest BCUT2D eigenvalue weighted by Gasteiger charge is 2.15. The van der Waals surface area contributed by atoms with Gasteiger partial charge in [-0.05, 0) is 25.0 Å². The third-order valence-corrected chi connectivity index (χ3v) is 3.93. The van der Waals surface area contributed by atoms with Crippen molar-refractivity contribution in [2.24, 2.45) is 0 Å². The molecule has 1 aromatic rings. The van der Waals surface area contributed by atoms with Gasteiger partial charge in [-0.25, -0.2) is 0 Å². The molecule has 0 bridgehead atoms. The summed E-state index contributed by atoms with van der Waals surface area (Å²) in [4.78, 5) is 1.22. The van der Waals surface area contributed by atoms with Gasteiger partial charge in [-0.1, -0.05) is 42.0 Å². The Morgan fingerprint density at radius 3 is 2.69 bits per heavy atom. The molecule has 1 aliphatic rings. The zero-order valence-electron chi connectivity index (χ0n) is 9.17. The number of hydrogen-bond donors (Lipinski definition) is 1. The lowest BCUT2D eigenvalue weighted by Gasteiger charge is -2.19. The molecule has 84 valence electrons. The molecule has 1 unspecified atom stereocenters. The van der Waals surface area contributed by atoms with Gasteiger partial charge in [0.05, 0.1) is 11.9 Å². The molecule has 0 aliphatic heterocycles. The minimum Gasteiger partial charge on any atom is -0.395 e. The van der Waals surface area contributed by atoms with E-state index < -0.39 is 0 Å². The van der Waals surface area contributed by atoms with Crippen LogP contribution in [-0.2, 0) is 0 Å². The van der Waals surface area contributed by atoms with Gasteiger partial charge in [-0.15, -0.1) is 11.8 Å². The number of aliphatic hydroxyl groups is 1. The Morgan fingerprint density at radius 1 is 1.25 bits per heavy atom. The van der Waals surface area contributed by atoms with E-state index >= 15 is 0 Å². The second kappa shape index (κ2) is 5.92. The Balaban J connectivity index is 2.06. The largest absolute Gasteiger partial charge is 0.395 e. The van der Waals surface area contributed by atoms with Crippen molar-refractivity contribution in [3.8, 4) is 0 Å². The van der Waals surface area contributed by atoms with Crippen molar-refractivity contribution in [1.82, 2.24) is 0 Å². The van der Waals surface area contributed by atoms with Crippen LogP contribution < -0.4 is 0 Å². The Labute approximate surface area is 101 Å². The Hall–Kier alpha value is -0.990. The molecule has 0 aromatic heterocycles. The predicted octanol–water partition coefficient (Wildman–Crippen LogP) is 3.42. The molecule has 1 atom stereocenters. The molecule has 1 N–H and O–H groups in total. The molecule has 2 rings (SSSR count). The van der Waals surface area contributed by atoms with Crippen LogP contribution >= 0.6 is 11.8 Å². The summed E-state index contributed by atoms with van der Waals surface area (Å²) in [5, 5.41) is 9.66. The fourth-order valence-electron chi connectivity index (χ4n) is 1.78. The van der Waals surface area contributed by atoms with Gasteiger partial charge in [-0.3, -0.25) is 0 Å². The topological polar surface area (TPSA) is 20.2 Å². The first-order valence-corrected chi connectivity index (χ1v) is 6.46. The number of hydrogen-bond acceptors (Lipinski definition) is 2. The van der Waals surface area contributed by atoms with Crippen LogP contribution in [0.1, 0.15) is 12.8 Å². The monoisotopic (exact) mass is 232 g/mol. The van der Waals surface area contributed by atoms with Crippen molar-refractivity contribution in [2.45, 2.75) is 23.0 Å². The number of rotatable bonds is 4. The van der Waals surface area contributed by atoms with E-state index in [0.717, 1.165) is 12.8 Å². The third-order valence-electron chi connectivity index (χ3n) is 2.65. The summed E-state index contributed by atoms with van der Waals surface area (Å²) in [5.74, 6) is 0. The standard InChI is InChI=1S/C14H16OS/c15-11-14(12-7-3-1-4-8-12)16-13-9-5-2-6-10-13/h1-3,5-7,9-10,14-15H,4,8,11H2. The lowest BCUT2D eigenvalue weighted by Crippen LogP contribution is -2.12. The SMILES string of the molecule is OCC(Sc1ccccc1)C1=CC=CCC1. The van der Waals surface area contributed by atoms with Crippen LogP contribution in [0.3, 0.4) is 0 Å². The molecule has 0 saturated heterocycles. The molecule has 0 spiro atoms. The van der Waals surface area contributed by atoms with Crippen LogP contribution in [0.2, 0.25) is 0 Å². The van der Waals surface area contributed by atoms with Crippen LogP contribution in [0.4, 0.5) is 0 Å². The van der Waals surface area contributed by atoms with Gasteiger partial charge in [-0.2, -0.15) is 0 Å². The summed E-state index contributed by atoms with van der Waals surface area (Å²) in [7, 11) is 0. The summed E-state index contributed by atoms with van der Waals surface area (Å²) in [5.41, 5.74) is 1.35. The lowest BCUT2D eigenvalue weighted by molar-refractivity contribution is 0.302. The molecule has 0 radical (unpaired) electrons. The maximum Gasteiger partial charge on any atom is 0.0591 e. The zero-order valence-corrected chi connectivity index (χ0v) is 9.99. The van der Waals surface area contributed by atoms with Crippen molar-refractivity contribution in [3.63, 3.8) is 0 Å². The van der Waals surface area contributed by atoms with Crippen molar-refractivity contribution < 1.29 is 5.11 Å². The lowest BCUT2D eigenvalue weighted by atomic mass is 10.0. The van der Waals surface area contributed by atoms with Crippen molar-refractivity contribution in [1.29, 1.82) is 0 Å². The number of benzene rings is 1. The van der Waals surface area contributed by atoms with E-state index in [0.29, 0.717) is 0 Å². The minimum absolute atomic E-state index is 0.201. The van der Waals surface area contributed by atoms with Crippen LogP contribution in [0.25, 0.3) is 0 Å². The minimum atomic E-state index is 0.201. The molecular weight excluding hydrogens is 216 g/mol. The van der Waals surface area contributed by atoms with Gasteiger partial charge in [0.25, 0.3) is 0 Å². The van der Waals surface area contributed by atoms with Crippen molar-refractivity contribution >= 4 is 11.8 Å². The summed E-state index contributed by atoms with van der Waals surface area (Å²) in [6.07, 6.45) is 8.57. The molecule has 1 nitrogen and oxygen atoms in total. The first-order chi connectivity index (χ1) is 7.90. The molecule has 2 heteroatoms. The van der Waals surface area contributed by atoms with E-state index in [2.05, 4.69) is 30.4 Å². The maximum absolute atomic E-state index is 9.45. The number of thioether (sulfide) groups is 1. The maximum atomic E-state index is 9.45. The van der Waals surface area contributed by atoms with Gasteiger partial charge < -0.3 is 5.11 Å². The van der Waals surface area contributed by atoms with E-state index in [1.54, 1.807) is 11.8 Å². The second-order valence-corrected chi connectivity index (χ2v) is 5.09. The quantitative estimate of drug-likeness (QED) is 0.803. The fraction of sp³-hybridized carbons (Fsp3) is 0.286. The van der Waals surface area contributed by atoms with Crippen LogP contribution in [-0.4, -0.2) is 17.0 Å². The highest BCUT2D eigenvalue weighted by Crippen LogP contribution is 2.30. The summed E-state index contributed by atoms with van der Waals surface area (Å²) in [6.45, 7) is 0.208. The predicted molar refractivity (Wildman–Crippen MR) is 69.6 cm³/mol. The Kier molecular flexibility index (Phi) is 4.25. The first-order valence-electron chi connectivity index (χ1n) is 5.58. The summed E-state index contributed by atoms with van der Waals surface area (Å²) >= 11 is 1.74. The molecule has 1 aliphatic carbocycles. The highest BCUT2D eigenvalue weighted by atomic mass is 32.2. The summed E-state index contributed by atoms with van der Waals surface area (Å²) < 4.78 is 0. The zero-order chi connectivity index (χ0) is 11.2. The average Bonchev–Trinajstić information content (AvgIpc) is 2.38. The van der Waals surface area contributed by atoms with Crippen LogP contribution in [0, 0.1) is 0 Å². The van der Waals surface area contributed by atoms with Gasteiger partial charge in [0.1, 0.15) is 0 Å². The van der Waals surface area contributed by atoms with Crippen molar-refractivity contribution in [3.05, 3.63) is 54.1 Å². The fourth-order valence-corrected chi connectivity index (χ4v) is 2.85. The van der Waals surface area contributed by atoms with Crippen LogP contribution in [0.5, 0.6) is 0 Å². The Bertz CT molecular complexity index is 381. The molecule has 0 amide bonds. The Morgan fingerprint density at radius 2 is 2.06 bits per heavy atom. The van der Waals surface area contributed by atoms with E-state index in [1.165, 1.54) is 10.5 Å². The van der Waals surface area contributed by atoms with Crippen LogP contribution in [0.15, 0.2) is 59.0 Å². The number of allylic oxidation sites excluding steroid dienone is 3. The van der Waals surface area contributed by atoms with E-state index in [-0.39, 0.29) is 11.9 Å². The third kappa shape index (κ3) is 3.00. The van der Waals surface area contributed by atoms with E-state index in [1.807, 2.05) is 18.2 Å². The molecule has 0 saturated carbocycles. The van der Waals surface area contributed by atoms with E-state index in [9.17, 15) is 5.11 Å². The smallest absolute Gasteiger partial charge is 0.0591 e. The average molecular weight is 232 g/mol. The van der Waals surface area contributed by atoms with Gasteiger partial charge in [0.2, 0.25) is 0 Å². The number of aliphatic hydroxyl groups excluding tert-OH is 1. The van der Waals surface area contributed by atoms with E-state index in [4.69, 9.17) is 0 Å². The second-order valence-electron chi connectivity index (χ2n) is 3.81. The normalized spacial score (nSPS) is 16.9. The molecular formula is C14H16OS. The highest BCUT2D eigenvalue weighted by molar-refractivity contribution is 8.00. The molecule has 16 heavy (non-hydrogen) atoms. The summed E-state index contributed by atoms with van der Waals surface area (Å²) in [6, 6.07) is 10.3.